The molecule has 15 heavy (non-hydrogen) atoms. The highest BCUT2D eigenvalue weighted by molar-refractivity contribution is 5.51. The fourth-order valence-corrected chi connectivity index (χ4v) is 1.03. The molecule has 0 aromatic heterocycles. The lowest BCUT2D eigenvalue weighted by molar-refractivity contribution is -0.507. The van der Waals surface area contributed by atoms with Gasteiger partial charge in [0.25, 0.3) is 0 Å². The molecule has 0 heterocycles. The van der Waals surface area contributed by atoms with Crippen molar-refractivity contribution in [3.63, 3.8) is 0 Å². The standard InChI is InChI=1S/C11H13N3O/c1-3-14(15)13-11(12)8-10-6-4-9(2)5-7-10/h4-8,13H,1,12H2,2H3/b11-8+. The van der Waals surface area contributed by atoms with E-state index in [0.29, 0.717) is 4.85 Å². The Bertz CT molecular complexity index is 414. The van der Waals surface area contributed by atoms with Gasteiger partial charge in [-0.05, 0) is 23.4 Å². The number of hydrogen-bond donors (Lipinski definition) is 2. The zero-order valence-electron chi connectivity index (χ0n) is 8.53. The minimum atomic E-state index is 0.241. The summed E-state index contributed by atoms with van der Waals surface area (Å²) in [5, 5.41) is 10.8. The summed E-state index contributed by atoms with van der Waals surface area (Å²) in [4.78, 5) is 0.319. The van der Waals surface area contributed by atoms with E-state index in [-0.39, 0.29) is 5.82 Å². The number of rotatable bonds is 3. The molecule has 1 rings (SSSR count). The van der Waals surface area contributed by atoms with Gasteiger partial charge in [0, 0.05) is 6.58 Å². The summed E-state index contributed by atoms with van der Waals surface area (Å²) in [6.45, 7) is 5.18. The molecule has 0 amide bonds. The first-order valence-corrected chi connectivity index (χ1v) is 4.42. The van der Waals surface area contributed by atoms with Crippen LogP contribution in [0.5, 0.6) is 0 Å². The van der Waals surface area contributed by atoms with Gasteiger partial charge in [0.05, 0.1) is 0 Å². The fraction of sp³-hybridized carbons (Fsp3) is 0.0909. The smallest absolute Gasteiger partial charge is 0.205 e. The van der Waals surface area contributed by atoms with Crippen molar-refractivity contribution in [3.05, 3.63) is 53.0 Å². The van der Waals surface area contributed by atoms with Crippen LogP contribution in [0.2, 0.25) is 0 Å². The van der Waals surface area contributed by atoms with Gasteiger partial charge >= 0.3 is 0 Å². The third-order valence-corrected chi connectivity index (χ3v) is 1.77. The molecule has 1 aromatic rings. The third kappa shape index (κ3) is 3.58. The van der Waals surface area contributed by atoms with E-state index in [1.54, 1.807) is 6.08 Å². The molecule has 0 atom stereocenters. The van der Waals surface area contributed by atoms with E-state index < -0.39 is 0 Å². The van der Waals surface area contributed by atoms with Crippen LogP contribution in [0.3, 0.4) is 0 Å². The summed E-state index contributed by atoms with van der Waals surface area (Å²) >= 11 is 0. The summed E-state index contributed by atoms with van der Waals surface area (Å²) in [7, 11) is 0. The molecule has 0 unspecified atom stereocenters. The molecule has 0 aliphatic heterocycles. The van der Waals surface area contributed by atoms with Crippen LogP contribution < -0.4 is 11.2 Å². The number of hydrazone groups is 1. The molecule has 0 saturated heterocycles. The Hall–Kier alpha value is -2.19. The topological polar surface area (TPSA) is 64.1 Å². The Balaban J connectivity index is 2.78. The summed E-state index contributed by atoms with van der Waals surface area (Å²) in [6.07, 6.45) is 1.65. The van der Waals surface area contributed by atoms with Crippen molar-refractivity contribution in [2.45, 2.75) is 6.92 Å². The molecular formula is C11H13N3O. The average Bonchev–Trinajstić information content (AvgIpc) is 2.21. The maximum absolute atomic E-state index is 10.8. The van der Waals surface area contributed by atoms with Crippen molar-refractivity contribution >= 4 is 11.9 Å². The van der Waals surface area contributed by atoms with Crippen LogP contribution in [0.4, 0.5) is 0 Å². The highest BCUT2D eigenvalue weighted by atomic mass is 16.5. The minimum Gasteiger partial charge on any atom is -0.587 e. The minimum absolute atomic E-state index is 0.241. The second kappa shape index (κ2) is 4.88. The van der Waals surface area contributed by atoms with Gasteiger partial charge in [-0.1, -0.05) is 29.8 Å². The first kappa shape index (κ1) is 10.9. The molecule has 0 radical (unpaired) electrons. The molecular weight excluding hydrogens is 190 g/mol. The van der Waals surface area contributed by atoms with Gasteiger partial charge in [0.1, 0.15) is 0 Å². The van der Waals surface area contributed by atoms with Gasteiger partial charge in [-0.15, -0.1) is 5.43 Å². The molecule has 0 bridgehead atoms. The van der Waals surface area contributed by atoms with Crippen LogP contribution in [-0.4, -0.2) is 10.7 Å². The molecule has 78 valence electrons. The van der Waals surface area contributed by atoms with Crippen molar-refractivity contribution in [1.29, 1.82) is 0 Å². The van der Waals surface area contributed by atoms with Crippen LogP contribution in [0.1, 0.15) is 11.1 Å². The predicted molar refractivity (Wildman–Crippen MR) is 60.7 cm³/mol. The van der Waals surface area contributed by atoms with Crippen LogP contribution in [0.15, 0.2) is 36.7 Å². The predicted octanol–water partition coefficient (Wildman–Crippen LogP) is 1.12. The molecule has 4 nitrogen and oxygen atoms in total. The summed E-state index contributed by atoms with van der Waals surface area (Å²) < 4.78 is 0. The summed E-state index contributed by atoms with van der Waals surface area (Å²) in [5.74, 6) is 2.33. The maximum atomic E-state index is 10.8. The lowest BCUT2D eigenvalue weighted by atomic mass is 10.1. The van der Waals surface area contributed by atoms with Crippen molar-refractivity contribution < 1.29 is 4.85 Å². The highest BCUT2D eigenvalue weighted by Gasteiger charge is 1.94. The molecule has 0 fully saturated rings. The zero-order chi connectivity index (χ0) is 11.3. The van der Waals surface area contributed by atoms with Gasteiger partial charge in [-0.25, -0.2) is 0 Å². The second-order valence-electron chi connectivity index (χ2n) is 3.07. The number of aryl methyl sites for hydroxylation is 1. The zero-order valence-corrected chi connectivity index (χ0v) is 8.53. The number of nitrogens with one attached hydrogen (secondary N) is 1. The quantitative estimate of drug-likeness (QED) is 0.335. The van der Waals surface area contributed by atoms with E-state index in [1.807, 2.05) is 31.2 Å². The van der Waals surface area contributed by atoms with E-state index >= 15 is 0 Å². The molecule has 0 saturated carbocycles. The van der Waals surface area contributed by atoms with Crippen LogP contribution in [0, 0.1) is 12.1 Å². The lowest BCUT2D eigenvalue weighted by Crippen LogP contribution is -2.27. The Kier molecular flexibility index (Phi) is 3.55. The summed E-state index contributed by atoms with van der Waals surface area (Å²) in [5.41, 5.74) is 9.99. The molecule has 0 aliphatic carbocycles. The molecule has 4 heteroatoms. The number of hydrogen-bond acceptors (Lipinski definition) is 3. The van der Waals surface area contributed by atoms with Gasteiger partial charge < -0.3 is 10.9 Å². The number of nitrogens with zero attached hydrogens (tertiary/aromatic N) is 1. The Morgan fingerprint density at radius 2 is 2.13 bits per heavy atom. The Morgan fingerprint density at radius 1 is 1.53 bits per heavy atom. The van der Waals surface area contributed by atoms with Gasteiger partial charge in [-0.2, -0.15) is 0 Å². The number of hydrazine groups is 1. The molecule has 0 aliphatic rings. The monoisotopic (exact) mass is 203 g/mol. The van der Waals surface area contributed by atoms with Gasteiger partial charge in [0.15, 0.2) is 5.82 Å². The molecule has 1 aromatic carbocycles. The van der Waals surface area contributed by atoms with E-state index in [4.69, 9.17) is 5.73 Å². The summed E-state index contributed by atoms with van der Waals surface area (Å²) in [6, 6.07) is 7.76. The highest BCUT2D eigenvalue weighted by Crippen LogP contribution is 2.05. The largest absolute Gasteiger partial charge is 0.587 e. The molecule has 3 N–H and O–H groups in total. The third-order valence-electron chi connectivity index (χ3n) is 1.77. The van der Waals surface area contributed by atoms with E-state index in [2.05, 4.69) is 17.9 Å². The SMILES string of the molecule is C=C=[N+]([O-])N/C(N)=C/c1ccc(C)cc1. The Morgan fingerprint density at radius 3 is 2.67 bits per heavy atom. The second-order valence-corrected chi connectivity index (χ2v) is 3.07. The normalized spacial score (nSPS) is 10.6. The Labute approximate surface area is 88.6 Å². The van der Waals surface area contributed by atoms with Crippen molar-refractivity contribution in [2.24, 2.45) is 5.73 Å². The van der Waals surface area contributed by atoms with E-state index in [1.165, 1.54) is 5.56 Å². The number of nitrogens with two attached hydrogens (primary N) is 1. The lowest BCUT2D eigenvalue weighted by Gasteiger charge is -2.02. The first-order valence-electron chi connectivity index (χ1n) is 4.42. The van der Waals surface area contributed by atoms with Crippen LogP contribution in [-0.2, 0) is 0 Å². The number of benzene rings is 1. The fourth-order valence-electron chi connectivity index (χ4n) is 1.03. The van der Waals surface area contributed by atoms with E-state index in [0.717, 1.165) is 5.56 Å². The van der Waals surface area contributed by atoms with Crippen molar-refractivity contribution in [1.82, 2.24) is 5.43 Å². The van der Waals surface area contributed by atoms with Crippen LogP contribution in [0.25, 0.3) is 6.08 Å². The van der Waals surface area contributed by atoms with Gasteiger partial charge in [0.2, 0.25) is 5.87 Å². The average molecular weight is 203 g/mol. The van der Waals surface area contributed by atoms with Crippen molar-refractivity contribution in [2.75, 3.05) is 0 Å². The first-order chi connectivity index (χ1) is 7.11. The van der Waals surface area contributed by atoms with Gasteiger partial charge in [-0.3, -0.25) is 0 Å². The van der Waals surface area contributed by atoms with Crippen molar-refractivity contribution in [3.8, 4) is 0 Å². The van der Waals surface area contributed by atoms with Crippen LogP contribution >= 0.6 is 0 Å². The maximum Gasteiger partial charge on any atom is 0.205 e. The van der Waals surface area contributed by atoms with E-state index in [9.17, 15) is 5.21 Å². The molecule has 0 spiro atoms.